The average Bonchev–Trinajstić information content (AvgIpc) is 3.30. The fraction of sp³-hybridized carbons (Fsp3) is 0. The second kappa shape index (κ2) is 13.0. The largest absolute Gasteiger partial charge is 0.310 e. The zero-order valence-electron chi connectivity index (χ0n) is 36.5. The predicted molar refractivity (Wildman–Crippen MR) is 227 cm³/mol. The highest BCUT2D eigenvalue weighted by atomic mass is 15.1. The van der Waals surface area contributed by atoms with E-state index in [4.69, 9.17) is 0 Å². The summed E-state index contributed by atoms with van der Waals surface area (Å²) >= 11 is 0. The maximum Gasteiger partial charge on any atom is 0.0645 e. The van der Waals surface area contributed by atoms with Crippen LogP contribution >= 0.6 is 0 Å². The number of hydrogen-bond donors (Lipinski definition) is 0. The van der Waals surface area contributed by atoms with Crippen molar-refractivity contribution in [3.63, 3.8) is 0 Å². The van der Waals surface area contributed by atoms with Gasteiger partial charge in [-0.1, -0.05) is 176 Å². The van der Waals surface area contributed by atoms with Crippen molar-refractivity contribution in [3.8, 4) is 33.4 Å². The Morgan fingerprint density at radius 1 is 0.302 bits per heavy atom. The van der Waals surface area contributed by atoms with Gasteiger partial charge in [-0.05, 0) is 107 Å². The van der Waals surface area contributed by atoms with Crippen molar-refractivity contribution < 1.29 is 11.0 Å². The minimum absolute atomic E-state index is 0.111. The lowest BCUT2D eigenvalue weighted by Gasteiger charge is -2.28. The molecule has 0 atom stereocenters. The molecule has 10 aromatic carbocycles. The average molecular weight is 682 g/mol. The maximum atomic E-state index is 9.76. The molecule has 0 aliphatic heterocycles. The van der Waals surface area contributed by atoms with Crippen LogP contribution in [-0.2, 0) is 0 Å². The van der Waals surface area contributed by atoms with Crippen molar-refractivity contribution in [1.29, 1.82) is 0 Å². The summed E-state index contributed by atoms with van der Waals surface area (Å²) in [5.41, 5.74) is 3.23. The fourth-order valence-electron chi connectivity index (χ4n) is 7.41. The van der Waals surface area contributed by atoms with Crippen molar-refractivity contribution in [2.45, 2.75) is 0 Å². The van der Waals surface area contributed by atoms with E-state index in [0.29, 0.717) is 22.2 Å². The maximum absolute atomic E-state index is 9.76. The van der Waals surface area contributed by atoms with Crippen LogP contribution in [0.4, 0.5) is 17.1 Å². The third-order valence-corrected chi connectivity index (χ3v) is 9.98. The Labute approximate surface area is 320 Å². The second-order valence-electron chi connectivity index (χ2n) is 13.1. The Kier molecular flexibility index (Phi) is 5.76. The molecule has 1 nitrogen and oxygen atoms in total. The van der Waals surface area contributed by atoms with Gasteiger partial charge >= 0.3 is 0 Å². The Morgan fingerprint density at radius 2 is 0.717 bits per heavy atom. The van der Waals surface area contributed by atoms with Crippen LogP contribution in [0.3, 0.4) is 0 Å². The van der Waals surface area contributed by atoms with Crippen LogP contribution in [0.2, 0.25) is 0 Å². The molecule has 0 saturated heterocycles. The molecule has 53 heavy (non-hydrogen) atoms. The molecule has 0 unspecified atom stereocenters. The molecule has 0 radical (unpaired) electrons. The van der Waals surface area contributed by atoms with Crippen molar-refractivity contribution >= 4 is 60.2 Å². The molecule has 248 valence electrons. The lowest BCUT2D eigenvalue weighted by Crippen LogP contribution is -2.10. The van der Waals surface area contributed by atoms with Gasteiger partial charge in [-0.3, -0.25) is 0 Å². The zero-order chi connectivity index (χ0) is 42.1. The fourth-order valence-corrected chi connectivity index (χ4v) is 7.41. The van der Waals surface area contributed by atoms with Crippen LogP contribution in [-0.4, -0.2) is 0 Å². The van der Waals surface area contributed by atoms with E-state index in [2.05, 4.69) is 0 Å². The molecular formula is C52H35N. The van der Waals surface area contributed by atoms with Gasteiger partial charge in [0.25, 0.3) is 0 Å². The molecule has 0 amide bonds. The number of rotatable bonds is 6. The summed E-state index contributed by atoms with van der Waals surface area (Å²) in [5.74, 6) is 0. The first kappa shape index (κ1) is 23.5. The monoisotopic (exact) mass is 681 g/mol. The van der Waals surface area contributed by atoms with E-state index in [9.17, 15) is 11.0 Å². The van der Waals surface area contributed by atoms with E-state index < -0.39 is 0 Å². The van der Waals surface area contributed by atoms with Gasteiger partial charge in [0, 0.05) is 16.8 Å². The van der Waals surface area contributed by atoms with Gasteiger partial charge in [-0.15, -0.1) is 0 Å². The Hall–Kier alpha value is -6.96. The molecule has 10 aromatic rings. The Balaban J connectivity index is 1.26. The van der Waals surface area contributed by atoms with E-state index in [1.165, 1.54) is 4.90 Å². The summed E-state index contributed by atoms with van der Waals surface area (Å²) in [6, 6.07) is 49.2. The van der Waals surface area contributed by atoms with Crippen LogP contribution in [0.5, 0.6) is 0 Å². The molecular weight excluding hydrogens is 639 g/mol. The summed E-state index contributed by atoms with van der Waals surface area (Å²) in [6.07, 6.45) is 0. The van der Waals surface area contributed by atoms with E-state index in [-0.39, 0.29) is 70.8 Å². The van der Waals surface area contributed by atoms with Crippen LogP contribution in [0.15, 0.2) is 212 Å². The highest BCUT2D eigenvalue weighted by molar-refractivity contribution is 6.15. The molecule has 0 aromatic heterocycles. The van der Waals surface area contributed by atoms with Crippen molar-refractivity contribution in [3.05, 3.63) is 212 Å². The second-order valence-corrected chi connectivity index (χ2v) is 13.1. The van der Waals surface area contributed by atoms with Gasteiger partial charge in [0.05, 0.1) is 16.7 Å². The molecule has 0 fully saturated rings. The van der Waals surface area contributed by atoms with Crippen molar-refractivity contribution in [1.82, 2.24) is 0 Å². The van der Waals surface area contributed by atoms with Crippen LogP contribution in [0.25, 0.3) is 76.5 Å². The Bertz CT molecular complexity index is 3340. The highest BCUT2D eigenvalue weighted by Gasteiger charge is 2.18. The topological polar surface area (TPSA) is 3.24 Å². The van der Waals surface area contributed by atoms with Gasteiger partial charge in [0.15, 0.2) is 0 Å². The lowest BCUT2D eigenvalue weighted by atomic mass is 9.93. The molecule has 0 aliphatic rings. The molecule has 0 bridgehead atoms. The SMILES string of the molecule is [2H]c1c([2H])c(N(c2c([2H])c([2H])c(-c3cc4ccccc4c4ccccc34)c([2H])c2[2H])c2cc3ccccc3c3ccccc23)c([2H])c([2H])c1-c1ccc(-c2ccccc2)cc1. The summed E-state index contributed by atoms with van der Waals surface area (Å²) in [4.78, 5) is 1.42. The number of nitrogens with zero attached hydrogens (tertiary/aromatic N) is 1. The van der Waals surface area contributed by atoms with Gasteiger partial charge in [0.1, 0.15) is 0 Å². The van der Waals surface area contributed by atoms with Crippen molar-refractivity contribution in [2.75, 3.05) is 4.90 Å². The molecule has 0 aliphatic carbocycles. The van der Waals surface area contributed by atoms with Gasteiger partial charge in [-0.2, -0.15) is 0 Å². The molecule has 0 heterocycles. The molecule has 10 rings (SSSR count). The summed E-state index contributed by atoms with van der Waals surface area (Å²) < 4.78 is 77.0. The minimum atomic E-state index is -0.387. The summed E-state index contributed by atoms with van der Waals surface area (Å²) in [7, 11) is 0. The predicted octanol–water partition coefficient (Wildman–Crippen LogP) is 14.8. The third kappa shape index (κ3) is 5.51. The van der Waals surface area contributed by atoms with Gasteiger partial charge < -0.3 is 4.90 Å². The zero-order valence-corrected chi connectivity index (χ0v) is 28.5. The van der Waals surface area contributed by atoms with E-state index >= 15 is 0 Å². The molecule has 0 saturated carbocycles. The summed E-state index contributed by atoms with van der Waals surface area (Å²) in [5, 5.41) is 6.83. The molecule has 0 spiro atoms. The first-order chi connectivity index (χ1) is 29.6. The number of hydrogen-bond acceptors (Lipinski definition) is 1. The lowest BCUT2D eigenvalue weighted by molar-refractivity contribution is 1.30. The summed E-state index contributed by atoms with van der Waals surface area (Å²) in [6.45, 7) is 0. The van der Waals surface area contributed by atoms with Gasteiger partial charge in [-0.25, -0.2) is 0 Å². The normalized spacial score (nSPS) is 13.5. The third-order valence-electron chi connectivity index (χ3n) is 9.98. The van der Waals surface area contributed by atoms with E-state index in [0.717, 1.165) is 48.8 Å². The molecule has 1 heteroatoms. The van der Waals surface area contributed by atoms with Crippen LogP contribution < -0.4 is 4.90 Å². The number of anilines is 3. The Morgan fingerprint density at radius 3 is 1.32 bits per heavy atom. The smallest absolute Gasteiger partial charge is 0.0645 e. The molecule has 0 N–H and O–H groups in total. The first-order valence-electron chi connectivity index (χ1n) is 21.6. The number of fused-ring (bicyclic) bond motifs is 6. The quantitative estimate of drug-likeness (QED) is 0.158. The van der Waals surface area contributed by atoms with Crippen LogP contribution in [0.1, 0.15) is 11.0 Å². The number of benzene rings is 10. The van der Waals surface area contributed by atoms with Crippen molar-refractivity contribution in [2.24, 2.45) is 0 Å². The van der Waals surface area contributed by atoms with Crippen LogP contribution in [0, 0.1) is 0 Å². The minimum Gasteiger partial charge on any atom is -0.310 e. The van der Waals surface area contributed by atoms with Gasteiger partial charge in [0.2, 0.25) is 0 Å². The highest BCUT2D eigenvalue weighted by Crippen LogP contribution is 2.43. The van der Waals surface area contributed by atoms with E-state index in [1.807, 2.05) is 152 Å². The first-order valence-corrected chi connectivity index (χ1v) is 17.6. The standard InChI is InChI=1S/C52H35N/c1-2-12-36(13-3-1)37-22-24-38(25-23-37)39-26-30-43(31-27-39)53(52-35-42-15-5-7-17-46(42)48-19-10-11-21-50(48)52)44-32-28-40(29-33-44)51-34-41-14-4-6-16-45(41)47-18-8-9-20-49(47)51/h1-35H/i26D,27D,28D,29D,30D,31D,32D,33D. The van der Waals surface area contributed by atoms with E-state index in [1.54, 1.807) is 12.1 Å².